The van der Waals surface area contributed by atoms with Gasteiger partial charge in [-0.15, -0.1) is 0 Å². The van der Waals surface area contributed by atoms with E-state index in [1.165, 1.54) is 6.92 Å². The van der Waals surface area contributed by atoms with E-state index in [2.05, 4.69) is 11.4 Å². The average molecular weight is 368 g/mol. The summed E-state index contributed by atoms with van der Waals surface area (Å²) in [5, 5.41) is 2.92. The van der Waals surface area contributed by atoms with Gasteiger partial charge in [0.15, 0.2) is 0 Å². The monoisotopic (exact) mass is 368 g/mol. The Kier molecular flexibility index (Phi) is 7.41. The van der Waals surface area contributed by atoms with Gasteiger partial charge in [0.1, 0.15) is 5.75 Å². The summed E-state index contributed by atoms with van der Waals surface area (Å²) < 4.78 is 5.20. The van der Waals surface area contributed by atoms with Crippen molar-refractivity contribution in [2.75, 3.05) is 25.1 Å². The molecule has 2 rings (SSSR count). The zero-order valence-electron chi connectivity index (χ0n) is 16.5. The Morgan fingerprint density at radius 2 is 1.78 bits per heavy atom. The molecule has 0 radical (unpaired) electrons. The molecule has 0 saturated heterocycles. The van der Waals surface area contributed by atoms with Gasteiger partial charge in [0.25, 0.3) is 0 Å². The lowest BCUT2D eigenvalue weighted by molar-refractivity contribution is -0.121. The summed E-state index contributed by atoms with van der Waals surface area (Å²) >= 11 is 0. The number of nitrogens with one attached hydrogen (secondary N) is 1. The van der Waals surface area contributed by atoms with Crippen molar-refractivity contribution >= 4 is 17.5 Å². The molecule has 5 heteroatoms. The second kappa shape index (κ2) is 9.76. The van der Waals surface area contributed by atoms with E-state index >= 15 is 0 Å². The minimum absolute atomic E-state index is 0.0616. The summed E-state index contributed by atoms with van der Waals surface area (Å²) in [6.07, 6.45) is 1.00. The molecule has 0 fully saturated rings. The van der Waals surface area contributed by atoms with Crippen molar-refractivity contribution in [1.29, 1.82) is 0 Å². The third-order valence-corrected chi connectivity index (χ3v) is 4.33. The number of aryl methyl sites for hydroxylation is 2. The Hall–Kier alpha value is -2.82. The van der Waals surface area contributed by atoms with E-state index in [1.807, 2.05) is 50.2 Å². The van der Waals surface area contributed by atoms with E-state index < -0.39 is 0 Å². The summed E-state index contributed by atoms with van der Waals surface area (Å²) in [5.74, 6) is 0.682. The number of amides is 2. The number of methoxy groups -OCH3 is 1. The van der Waals surface area contributed by atoms with Gasteiger partial charge >= 0.3 is 0 Å². The van der Waals surface area contributed by atoms with Gasteiger partial charge in [-0.1, -0.05) is 18.2 Å². The summed E-state index contributed by atoms with van der Waals surface area (Å²) in [7, 11) is 1.64. The zero-order chi connectivity index (χ0) is 19.8. The maximum Gasteiger partial charge on any atom is 0.223 e. The van der Waals surface area contributed by atoms with Gasteiger partial charge in [0, 0.05) is 32.1 Å². The molecule has 2 amide bonds. The second-order valence-electron chi connectivity index (χ2n) is 6.72. The summed E-state index contributed by atoms with van der Waals surface area (Å²) in [5.41, 5.74) is 4.14. The first kappa shape index (κ1) is 20.5. The summed E-state index contributed by atoms with van der Waals surface area (Å²) in [6, 6.07) is 13.8. The first-order valence-corrected chi connectivity index (χ1v) is 9.15. The van der Waals surface area contributed by atoms with Crippen molar-refractivity contribution in [3.63, 3.8) is 0 Å². The molecule has 0 saturated carbocycles. The van der Waals surface area contributed by atoms with Crippen LogP contribution >= 0.6 is 0 Å². The minimum atomic E-state index is -0.0656. The van der Waals surface area contributed by atoms with Crippen molar-refractivity contribution in [2.45, 2.75) is 33.6 Å². The number of carbonyl (C=O) groups excluding carboxylic acids is 2. The number of rotatable bonds is 8. The van der Waals surface area contributed by atoms with Crippen molar-refractivity contribution in [3.8, 4) is 5.75 Å². The van der Waals surface area contributed by atoms with E-state index in [4.69, 9.17) is 4.74 Å². The van der Waals surface area contributed by atoms with Crippen molar-refractivity contribution in [2.24, 2.45) is 0 Å². The molecular formula is C22H28N2O3. The van der Waals surface area contributed by atoms with E-state index in [0.717, 1.165) is 34.5 Å². The fourth-order valence-corrected chi connectivity index (χ4v) is 3.05. The molecule has 0 aliphatic heterocycles. The van der Waals surface area contributed by atoms with Gasteiger partial charge in [-0.2, -0.15) is 0 Å². The number of carbonyl (C=O) groups is 2. The maximum atomic E-state index is 12.2. The van der Waals surface area contributed by atoms with Crippen LogP contribution in [-0.2, 0) is 16.0 Å². The highest BCUT2D eigenvalue weighted by Crippen LogP contribution is 2.19. The molecule has 27 heavy (non-hydrogen) atoms. The molecule has 0 aromatic heterocycles. The first-order valence-electron chi connectivity index (χ1n) is 9.15. The summed E-state index contributed by atoms with van der Waals surface area (Å²) in [4.78, 5) is 25.9. The smallest absolute Gasteiger partial charge is 0.223 e. The van der Waals surface area contributed by atoms with Crippen LogP contribution in [0, 0.1) is 13.8 Å². The normalized spacial score (nSPS) is 10.4. The van der Waals surface area contributed by atoms with Crippen LogP contribution in [0.5, 0.6) is 5.75 Å². The highest BCUT2D eigenvalue weighted by Gasteiger charge is 2.14. The SMILES string of the molecule is COc1cccc(CCNC(=O)CCN(C(C)=O)c2cc(C)cc(C)c2)c1. The highest BCUT2D eigenvalue weighted by molar-refractivity contribution is 5.92. The molecule has 0 unspecified atom stereocenters. The third-order valence-electron chi connectivity index (χ3n) is 4.33. The van der Waals surface area contributed by atoms with Gasteiger partial charge in [0.05, 0.1) is 7.11 Å². The molecular weight excluding hydrogens is 340 g/mol. The Morgan fingerprint density at radius 1 is 1.07 bits per heavy atom. The lowest BCUT2D eigenvalue weighted by Gasteiger charge is -2.22. The highest BCUT2D eigenvalue weighted by atomic mass is 16.5. The quantitative estimate of drug-likeness (QED) is 0.777. The number of hydrogen-bond donors (Lipinski definition) is 1. The van der Waals surface area contributed by atoms with Crippen molar-refractivity contribution in [1.82, 2.24) is 5.32 Å². The number of ether oxygens (including phenoxy) is 1. The minimum Gasteiger partial charge on any atom is -0.497 e. The average Bonchev–Trinajstić information content (AvgIpc) is 2.61. The van der Waals surface area contributed by atoms with Crippen LogP contribution < -0.4 is 15.0 Å². The van der Waals surface area contributed by atoms with Gasteiger partial charge in [-0.25, -0.2) is 0 Å². The largest absolute Gasteiger partial charge is 0.497 e. The third kappa shape index (κ3) is 6.44. The predicted molar refractivity (Wildman–Crippen MR) is 108 cm³/mol. The lowest BCUT2D eigenvalue weighted by Crippen LogP contribution is -2.34. The molecule has 2 aromatic carbocycles. The molecule has 144 valence electrons. The van der Waals surface area contributed by atoms with Gasteiger partial charge in [-0.05, 0) is 61.2 Å². The number of nitrogens with zero attached hydrogens (tertiary/aromatic N) is 1. The molecule has 0 atom stereocenters. The maximum absolute atomic E-state index is 12.2. The lowest BCUT2D eigenvalue weighted by atomic mass is 10.1. The number of hydrogen-bond acceptors (Lipinski definition) is 3. The second-order valence-corrected chi connectivity index (χ2v) is 6.72. The topological polar surface area (TPSA) is 58.6 Å². The molecule has 0 spiro atoms. The van der Waals surface area contributed by atoms with Crippen LogP contribution in [0.1, 0.15) is 30.0 Å². The summed E-state index contributed by atoms with van der Waals surface area (Å²) in [6.45, 7) is 6.44. The van der Waals surface area contributed by atoms with Crippen LogP contribution in [0.3, 0.4) is 0 Å². The van der Waals surface area contributed by atoms with Crippen molar-refractivity contribution in [3.05, 3.63) is 59.2 Å². The van der Waals surface area contributed by atoms with Crippen LogP contribution in [0.2, 0.25) is 0 Å². The molecule has 0 heterocycles. The van der Waals surface area contributed by atoms with E-state index in [-0.39, 0.29) is 18.2 Å². The molecule has 5 nitrogen and oxygen atoms in total. The van der Waals surface area contributed by atoms with Gasteiger partial charge < -0.3 is 15.0 Å². The van der Waals surface area contributed by atoms with E-state index in [0.29, 0.717) is 13.1 Å². The van der Waals surface area contributed by atoms with Crippen LogP contribution in [0.4, 0.5) is 5.69 Å². The van der Waals surface area contributed by atoms with E-state index in [1.54, 1.807) is 12.0 Å². The Morgan fingerprint density at radius 3 is 2.41 bits per heavy atom. The van der Waals surface area contributed by atoms with E-state index in [9.17, 15) is 9.59 Å². The first-order chi connectivity index (χ1) is 12.9. The standard InChI is InChI=1S/C22H28N2O3/c1-16-12-17(2)14-20(13-16)24(18(3)25)11-9-22(26)23-10-8-19-6-5-7-21(15-19)27-4/h5-7,12-15H,8-11H2,1-4H3,(H,23,26). The fourth-order valence-electron chi connectivity index (χ4n) is 3.05. The van der Waals surface area contributed by atoms with Crippen LogP contribution in [0.25, 0.3) is 0 Å². The molecule has 0 aliphatic rings. The number of benzene rings is 2. The fraction of sp³-hybridized carbons (Fsp3) is 0.364. The molecule has 0 aliphatic carbocycles. The zero-order valence-corrected chi connectivity index (χ0v) is 16.5. The van der Waals surface area contributed by atoms with Gasteiger partial charge in [0.2, 0.25) is 11.8 Å². The Balaban J connectivity index is 1.85. The molecule has 1 N–H and O–H groups in total. The molecule has 0 bridgehead atoms. The van der Waals surface area contributed by atoms with Crippen LogP contribution in [-0.4, -0.2) is 32.0 Å². The Labute approximate surface area is 161 Å². The predicted octanol–water partition coefficient (Wildman–Crippen LogP) is 3.41. The number of anilines is 1. The molecule has 2 aromatic rings. The Bertz CT molecular complexity index is 782. The van der Waals surface area contributed by atoms with Crippen LogP contribution in [0.15, 0.2) is 42.5 Å². The van der Waals surface area contributed by atoms with Gasteiger partial charge in [-0.3, -0.25) is 9.59 Å². The van der Waals surface area contributed by atoms with Crippen molar-refractivity contribution < 1.29 is 14.3 Å².